The van der Waals surface area contributed by atoms with Crippen LogP contribution >= 0.6 is 0 Å². The predicted octanol–water partition coefficient (Wildman–Crippen LogP) is 3.99. The van der Waals surface area contributed by atoms with Crippen LogP contribution in [0.3, 0.4) is 0 Å². The van der Waals surface area contributed by atoms with E-state index in [9.17, 15) is 5.26 Å². The lowest BCUT2D eigenvalue weighted by Gasteiger charge is -2.24. The lowest BCUT2D eigenvalue weighted by Crippen LogP contribution is -2.42. The van der Waals surface area contributed by atoms with Gasteiger partial charge < -0.3 is 10.5 Å². The molecule has 2 N–H and O–H groups in total. The van der Waals surface area contributed by atoms with Crippen LogP contribution in [0.15, 0.2) is 24.3 Å². The predicted molar refractivity (Wildman–Crippen MR) is 85.1 cm³/mol. The Kier molecular flexibility index (Phi) is 5.25. The van der Waals surface area contributed by atoms with Crippen LogP contribution in [0.1, 0.15) is 57.4 Å². The quantitative estimate of drug-likeness (QED) is 0.860. The second kappa shape index (κ2) is 6.95. The SMILES string of the molecule is CCC(C)c1ccccc1OCCC1CCCC1(N)C#N. The molecule has 0 bridgehead atoms. The minimum absolute atomic E-state index is 0.262. The topological polar surface area (TPSA) is 59.0 Å². The van der Waals surface area contributed by atoms with Crippen LogP contribution in [0.2, 0.25) is 0 Å². The van der Waals surface area contributed by atoms with Crippen molar-refractivity contribution in [3.8, 4) is 11.8 Å². The first kappa shape index (κ1) is 15.9. The number of nitrogens with zero attached hydrogens (tertiary/aromatic N) is 1. The van der Waals surface area contributed by atoms with Crippen LogP contribution in [0, 0.1) is 17.2 Å². The molecule has 1 aromatic rings. The Bertz CT molecular complexity index is 508. The molecule has 3 atom stereocenters. The van der Waals surface area contributed by atoms with Crippen molar-refractivity contribution in [3.63, 3.8) is 0 Å². The zero-order chi connectivity index (χ0) is 15.3. The van der Waals surface area contributed by atoms with Gasteiger partial charge in [-0.2, -0.15) is 5.26 Å². The first-order valence-electron chi connectivity index (χ1n) is 8.02. The van der Waals surface area contributed by atoms with Gasteiger partial charge in [-0.15, -0.1) is 0 Å². The van der Waals surface area contributed by atoms with E-state index in [4.69, 9.17) is 10.5 Å². The van der Waals surface area contributed by atoms with Gasteiger partial charge in [0.25, 0.3) is 0 Å². The Morgan fingerprint density at radius 1 is 1.48 bits per heavy atom. The Morgan fingerprint density at radius 2 is 2.24 bits per heavy atom. The molecule has 0 aliphatic heterocycles. The van der Waals surface area contributed by atoms with Gasteiger partial charge in [-0.1, -0.05) is 38.5 Å². The maximum Gasteiger partial charge on any atom is 0.122 e. The standard InChI is InChI=1S/C18H26N2O/c1-3-14(2)16-8-4-5-9-17(16)21-12-10-15-7-6-11-18(15,20)13-19/h4-5,8-9,14-15H,3,6-7,10-12,20H2,1-2H3. The van der Waals surface area contributed by atoms with Crippen molar-refractivity contribution in [2.24, 2.45) is 11.7 Å². The largest absolute Gasteiger partial charge is 0.493 e. The number of para-hydroxylation sites is 1. The Morgan fingerprint density at radius 3 is 2.95 bits per heavy atom. The highest BCUT2D eigenvalue weighted by atomic mass is 16.5. The zero-order valence-electron chi connectivity index (χ0n) is 13.1. The molecule has 1 aliphatic rings. The number of hydrogen-bond donors (Lipinski definition) is 1. The average Bonchev–Trinajstić information content (AvgIpc) is 2.89. The van der Waals surface area contributed by atoms with E-state index in [2.05, 4.69) is 32.0 Å². The number of nitrogens with two attached hydrogens (primary N) is 1. The van der Waals surface area contributed by atoms with Crippen molar-refractivity contribution >= 4 is 0 Å². The van der Waals surface area contributed by atoms with E-state index in [0.29, 0.717) is 12.5 Å². The van der Waals surface area contributed by atoms with Crippen molar-refractivity contribution < 1.29 is 4.74 Å². The molecule has 3 nitrogen and oxygen atoms in total. The highest BCUT2D eigenvalue weighted by molar-refractivity contribution is 5.35. The lowest BCUT2D eigenvalue weighted by molar-refractivity contribution is 0.252. The molecule has 3 heteroatoms. The third-order valence-electron chi connectivity index (χ3n) is 4.87. The molecule has 0 saturated heterocycles. The van der Waals surface area contributed by atoms with Crippen molar-refractivity contribution in [2.75, 3.05) is 6.61 Å². The fraction of sp³-hybridized carbons (Fsp3) is 0.611. The summed E-state index contributed by atoms with van der Waals surface area (Å²) >= 11 is 0. The first-order valence-corrected chi connectivity index (χ1v) is 8.02. The van der Waals surface area contributed by atoms with Crippen molar-refractivity contribution in [1.29, 1.82) is 5.26 Å². The molecule has 114 valence electrons. The smallest absolute Gasteiger partial charge is 0.122 e. The van der Waals surface area contributed by atoms with Gasteiger partial charge in [-0.25, -0.2) is 0 Å². The molecule has 0 radical (unpaired) electrons. The van der Waals surface area contributed by atoms with Crippen LogP contribution in [-0.4, -0.2) is 12.1 Å². The summed E-state index contributed by atoms with van der Waals surface area (Å²) in [6.45, 7) is 5.05. The Labute approximate surface area is 128 Å². The summed E-state index contributed by atoms with van der Waals surface area (Å²) in [7, 11) is 0. The van der Waals surface area contributed by atoms with Gasteiger partial charge >= 0.3 is 0 Å². The van der Waals surface area contributed by atoms with Crippen molar-refractivity contribution in [1.82, 2.24) is 0 Å². The summed E-state index contributed by atoms with van der Waals surface area (Å²) in [4.78, 5) is 0. The normalized spacial score (nSPS) is 26.3. The molecule has 2 rings (SSSR count). The summed E-state index contributed by atoms with van der Waals surface area (Å²) in [6.07, 6.45) is 4.87. The van der Waals surface area contributed by atoms with Gasteiger partial charge in [-0.05, 0) is 49.1 Å². The molecule has 0 heterocycles. The van der Waals surface area contributed by atoms with E-state index < -0.39 is 5.54 Å². The zero-order valence-corrected chi connectivity index (χ0v) is 13.1. The summed E-state index contributed by atoms with van der Waals surface area (Å²) in [5, 5.41) is 9.25. The van der Waals surface area contributed by atoms with E-state index in [-0.39, 0.29) is 5.92 Å². The van der Waals surface area contributed by atoms with E-state index in [1.54, 1.807) is 0 Å². The molecule has 1 fully saturated rings. The molecule has 0 spiro atoms. The highest BCUT2D eigenvalue weighted by Gasteiger charge is 2.39. The molecule has 3 unspecified atom stereocenters. The van der Waals surface area contributed by atoms with E-state index in [0.717, 1.165) is 37.9 Å². The molecule has 0 aromatic heterocycles. The minimum atomic E-state index is -0.639. The number of benzene rings is 1. The molecule has 0 amide bonds. The van der Waals surface area contributed by atoms with Gasteiger partial charge in [-0.3, -0.25) is 0 Å². The third-order valence-corrected chi connectivity index (χ3v) is 4.87. The Balaban J connectivity index is 1.94. The Hall–Kier alpha value is -1.53. The second-order valence-electron chi connectivity index (χ2n) is 6.23. The van der Waals surface area contributed by atoms with Gasteiger partial charge in [0.2, 0.25) is 0 Å². The maximum atomic E-state index is 9.25. The van der Waals surface area contributed by atoms with Gasteiger partial charge in [0.15, 0.2) is 0 Å². The number of nitriles is 1. The third kappa shape index (κ3) is 3.57. The fourth-order valence-electron chi connectivity index (χ4n) is 3.20. The van der Waals surface area contributed by atoms with Gasteiger partial charge in [0.1, 0.15) is 11.3 Å². The lowest BCUT2D eigenvalue weighted by atomic mass is 9.87. The van der Waals surface area contributed by atoms with Crippen LogP contribution in [0.25, 0.3) is 0 Å². The highest BCUT2D eigenvalue weighted by Crippen LogP contribution is 2.36. The molecule has 1 saturated carbocycles. The van der Waals surface area contributed by atoms with Crippen LogP contribution in [0.5, 0.6) is 5.75 Å². The number of ether oxygens (including phenoxy) is 1. The summed E-state index contributed by atoms with van der Waals surface area (Å²) in [6, 6.07) is 10.6. The molecular formula is C18H26N2O. The van der Waals surface area contributed by atoms with Gasteiger partial charge in [0.05, 0.1) is 12.7 Å². The van der Waals surface area contributed by atoms with Crippen LogP contribution in [-0.2, 0) is 0 Å². The number of rotatable bonds is 6. The summed E-state index contributed by atoms with van der Waals surface area (Å²) < 4.78 is 5.99. The van der Waals surface area contributed by atoms with Crippen molar-refractivity contribution in [2.45, 2.75) is 57.4 Å². The maximum absolute atomic E-state index is 9.25. The molecule has 21 heavy (non-hydrogen) atoms. The van der Waals surface area contributed by atoms with Gasteiger partial charge in [0, 0.05) is 0 Å². The van der Waals surface area contributed by atoms with E-state index >= 15 is 0 Å². The fourth-order valence-corrected chi connectivity index (χ4v) is 3.20. The first-order chi connectivity index (χ1) is 10.1. The summed E-state index contributed by atoms with van der Waals surface area (Å²) in [5.41, 5.74) is 6.79. The van der Waals surface area contributed by atoms with Crippen molar-refractivity contribution in [3.05, 3.63) is 29.8 Å². The molecular weight excluding hydrogens is 260 g/mol. The monoisotopic (exact) mass is 286 g/mol. The second-order valence-corrected chi connectivity index (χ2v) is 6.23. The molecule has 1 aromatic carbocycles. The van der Waals surface area contributed by atoms with Crippen LogP contribution < -0.4 is 10.5 Å². The molecule has 1 aliphatic carbocycles. The van der Waals surface area contributed by atoms with Crippen LogP contribution in [0.4, 0.5) is 0 Å². The van der Waals surface area contributed by atoms with E-state index in [1.165, 1.54) is 5.56 Å². The summed E-state index contributed by atoms with van der Waals surface area (Å²) in [5.74, 6) is 1.74. The number of hydrogen-bond acceptors (Lipinski definition) is 3. The van der Waals surface area contributed by atoms with E-state index in [1.807, 2.05) is 12.1 Å². The minimum Gasteiger partial charge on any atom is -0.493 e. The average molecular weight is 286 g/mol.